The highest BCUT2D eigenvalue weighted by Gasteiger charge is 2.20. The molecular weight excluding hydrogens is 243 g/mol. The molecule has 0 bridgehead atoms. The Balaban J connectivity index is 2.48. The lowest BCUT2D eigenvalue weighted by atomic mass is 10.0. The molecule has 0 aliphatic carbocycles. The minimum absolute atomic E-state index is 0.218. The fourth-order valence-corrected chi connectivity index (χ4v) is 1.86. The van der Waals surface area contributed by atoms with Crippen molar-refractivity contribution in [1.29, 1.82) is 0 Å². The first-order valence-electron chi connectivity index (χ1n) is 5.54. The highest BCUT2D eigenvalue weighted by molar-refractivity contribution is 6.34. The van der Waals surface area contributed by atoms with Crippen molar-refractivity contribution in [3.63, 3.8) is 0 Å². The zero-order chi connectivity index (χ0) is 12.6. The molecule has 1 aromatic heterocycles. The van der Waals surface area contributed by atoms with Crippen molar-refractivity contribution in [2.45, 2.75) is 26.3 Å². The lowest BCUT2D eigenvalue weighted by Gasteiger charge is -2.13. The predicted octanol–water partition coefficient (Wildman–Crippen LogP) is 3.67. The van der Waals surface area contributed by atoms with Crippen LogP contribution >= 0.6 is 11.6 Å². The maximum absolute atomic E-state index is 13.1. The summed E-state index contributed by atoms with van der Waals surface area (Å²) in [5, 5.41) is 0.218. The zero-order valence-corrected chi connectivity index (χ0v) is 10.5. The van der Waals surface area contributed by atoms with E-state index in [1.165, 1.54) is 12.1 Å². The van der Waals surface area contributed by atoms with Crippen molar-refractivity contribution in [2.75, 3.05) is 0 Å². The Morgan fingerprint density at radius 1 is 1.53 bits per heavy atom. The number of fused-ring (bicyclic) bond motifs is 1. The molecule has 0 radical (unpaired) electrons. The number of aromatic nitrogens is 1. The van der Waals surface area contributed by atoms with Crippen LogP contribution in [0.5, 0.6) is 0 Å². The van der Waals surface area contributed by atoms with E-state index in [2.05, 4.69) is 4.98 Å². The van der Waals surface area contributed by atoms with Crippen LogP contribution in [0.2, 0.25) is 5.02 Å². The van der Waals surface area contributed by atoms with Gasteiger partial charge in [-0.1, -0.05) is 31.9 Å². The molecule has 0 spiro atoms. The van der Waals surface area contributed by atoms with Crippen LogP contribution in [0.3, 0.4) is 0 Å². The van der Waals surface area contributed by atoms with E-state index in [9.17, 15) is 4.39 Å². The van der Waals surface area contributed by atoms with Gasteiger partial charge in [0.25, 0.3) is 0 Å². The van der Waals surface area contributed by atoms with Crippen LogP contribution in [0.4, 0.5) is 4.39 Å². The third-order valence-electron chi connectivity index (χ3n) is 2.97. The number of halogens is 2. The van der Waals surface area contributed by atoms with Crippen LogP contribution in [0.1, 0.15) is 32.2 Å². The van der Waals surface area contributed by atoms with Gasteiger partial charge in [-0.25, -0.2) is 9.37 Å². The summed E-state index contributed by atoms with van der Waals surface area (Å²) in [6.07, 6.45) is 0.919. The first-order chi connectivity index (χ1) is 8.02. The van der Waals surface area contributed by atoms with Crippen molar-refractivity contribution >= 4 is 22.7 Å². The lowest BCUT2D eigenvalue weighted by Crippen LogP contribution is -2.18. The molecule has 5 heteroatoms. The van der Waals surface area contributed by atoms with Gasteiger partial charge < -0.3 is 10.2 Å². The van der Waals surface area contributed by atoms with Crippen LogP contribution in [-0.4, -0.2) is 4.98 Å². The van der Waals surface area contributed by atoms with Crippen LogP contribution in [0.25, 0.3) is 11.1 Å². The second kappa shape index (κ2) is 4.63. The monoisotopic (exact) mass is 256 g/mol. The summed E-state index contributed by atoms with van der Waals surface area (Å²) in [5.74, 6) is 0.216. The molecule has 2 N–H and O–H groups in total. The molecule has 0 amide bonds. The SMILES string of the molecule is CCC(C)C(N)c1nc2cc(F)cc(Cl)c2o1. The normalized spacial score (nSPS) is 15.1. The van der Waals surface area contributed by atoms with Crippen LogP contribution in [0, 0.1) is 11.7 Å². The van der Waals surface area contributed by atoms with E-state index >= 15 is 0 Å². The van der Waals surface area contributed by atoms with Crippen LogP contribution < -0.4 is 5.73 Å². The summed E-state index contributed by atoms with van der Waals surface area (Å²) in [4.78, 5) is 4.19. The number of rotatable bonds is 3. The maximum Gasteiger partial charge on any atom is 0.212 e. The summed E-state index contributed by atoms with van der Waals surface area (Å²) in [6, 6.07) is 2.19. The molecule has 2 unspecified atom stereocenters. The molecule has 2 atom stereocenters. The van der Waals surface area contributed by atoms with Gasteiger partial charge in [-0.2, -0.15) is 0 Å². The smallest absolute Gasteiger partial charge is 0.212 e. The van der Waals surface area contributed by atoms with Gasteiger partial charge in [0, 0.05) is 6.07 Å². The van der Waals surface area contributed by atoms with Crippen LogP contribution in [0.15, 0.2) is 16.5 Å². The molecule has 2 rings (SSSR count). The first kappa shape index (κ1) is 12.3. The fourth-order valence-electron chi connectivity index (χ4n) is 1.62. The standard InChI is InChI=1S/C12H14ClFN2O/c1-3-6(2)10(15)12-16-9-5-7(14)4-8(13)11(9)17-12/h4-6,10H,3,15H2,1-2H3. The second-order valence-corrected chi connectivity index (χ2v) is 4.61. The van der Waals surface area contributed by atoms with Gasteiger partial charge in [-0.3, -0.25) is 0 Å². The van der Waals surface area contributed by atoms with Crippen molar-refractivity contribution < 1.29 is 8.81 Å². The Kier molecular flexibility index (Phi) is 3.35. The Morgan fingerprint density at radius 3 is 2.88 bits per heavy atom. The van der Waals surface area contributed by atoms with Gasteiger partial charge in [-0.05, 0) is 12.0 Å². The van der Waals surface area contributed by atoms with Crippen LogP contribution in [-0.2, 0) is 0 Å². The van der Waals surface area contributed by atoms with Gasteiger partial charge in [0.1, 0.15) is 11.3 Å². The topological polar surface area (TPSA) is 52.0 Å². The van der Waals surface area contributed by atoms with Crippen molar-refractivity contribution in [3.05, 3.63) is 28.9 Å². The highest BCUT2D eigenvalue weighted by atomic mass is 35.5. The van der Waals surface area contributed by atoms with Gasteiger partial charge in [0.05, 0.1) is 11.1 Å². The molecule has 2 aromatic rings. The fraction of sp³-hybridized carbons (Fsp3) is 0.417. The van der Waals surface area contributed by atoms with Gasteiger partial charge in [-0.15, -0.1) is 0 Å². The summed E-state index contributed by atoms with van der Waals surface area (Å²) in [5.41, 5.74) is 6.80. The minimum atomic E-state index is -0.431. The quantitative estimate of drug-likeness (QED) is 0.912. The number of benzene rings is 1. The van der Waals surface area contributed by atoms with Crippen molar-refractivity contribution in [3.8, 4) is 0 Å². The molecule has 17 heavy (non-hydrogen) atoms. The van der Waals surface area contributed by atoms with E-state index in [-0.39, 0.29) is 17.0 Å². The van der Waals surface area contributed by atoms with Crippen molar-refractivity contribution in [1.82, 2.24) is 4.98 Å². The highest BCUT2D eigenvalue weighted by Crippen LogP contribution is 2.29. The average molecular weight is 257 g/mol. The third-order valence-corrected chi connectivity index (χ3v) is 3.25. The minimum Gasteiger partial charge on any atom is -0.437 e. The second-order valence-electron chi connectivity index (χ2n) is 4.20. The van der Waals surface area contributed by atoms with E-state index in [0.717, 1.165) is 6.42 Å². The van der Waals surface area contributed by atoms with E-state index in [4.69, 9.17) is 21.8 Å². The lowest BCUT2D eigenvalue weighted by molar-refractivity contribution is 0.375. The predicted molar refractivity (Wildman–Crippen MR) is 65.4 cm³/mol. The third kappa shape index (κ3) is 2.28. The van der Waals surface area contributed by atoms with Gasteiger partial charge in [0.15, 0.2) is 5.58 Å². The summed E-state index contributed by atoms with van der Waals surface area (Å²) >= 11 is 5.88. The number of oxazole rings is 1. The molecule has 1 heterocycles. The Bertz CT molecular complexity index is 541. The number of nitrogens with zero attached hydrogens (tertiary/aromatic N) is 1. The van der Waals surface area contributed by atoms with E-state index in [1.807, 2.05) is 13.8 Å². The largest absolute Gasteiger partial charge is 0.437 e. The number of hydrogen-bond donors (Lipinski definition) is 1. The molecule has 92 valence electrons. The van der Waals surface area contributed by atoms with E-state index < -0.39 is 5.82 Å². The van der Waals surface area contributed by atoms with Crippen molar-refractivity contribution in [2.24, 2.45) is 11.7 Å². The molecule has 0 saturated heterocycles. The molecule has 0 aliphatic rings. The average Bonchev–Trinajstić information content (AvgIpc) is 2.70. The summed E-state index contributed by atoms with van der Waals surface area (Å²) < 4.78 is 18.6. The number of hydrogen-bond acceptors (Lipinski definition) is 3. The number of nitrogens with two attached hydrogens (primary N) is 1. The molecule has 0 saturated carbocycles. The van der Waals surface area contributed by atoms with E-state index in [1.54, 1.807) is 0 Å². The molecule has 0 fully saturated rings. The molecular formula is C12H14ClFN2O. The Hall–Kier alpha value is -1.13. The Labute approximate surface area is 104 Å². The first-order valence-corrected chi connectivity index (χ1v) is 5.91. The van der Waals surface area contributed by atoms with Gasteiger partial charge >= 0.3 is 0 Å². The summed E-state index contributed by atoms with van der Waals surface area (Å²) in [6.45, 7) is 4.06. The Morgan fingerprint density at radius 2 is 2.24 bits per heavy atom. The molecule has 3 nitrogen and oxygen atoms in total. The zero-order valence-electron chi connectivity index (χ0n) is 9.71. The summed E-state index contributed by atoms with van der Waals surface area (Å²) in [7, 11) is 0. The molecule has 0 aliphatic heterocycles. The van der Waals surface area contributed by atoms with E-state index in [0.29, 0.717) is 17.0 Å². The molecule has 1 aromatic carbocycles. The van der Waals surface area contributed by atoms with Gasteiger partial charge in [0.2, 0.25) is 5.89 Å². The maximum atomic E-state index is 13.1.